The van der Waals surface area contributed by atoms with Crippen molar-refractivity contribution >= 4 is 10.0 Å². The Bertz CT molecular complexity index is 724. The summed E-state index contributed by atoms with van der Waals surface area (Å²) in [5, 5.41) is 5.09. The summed E-state index contributed by atoms with van der Waals surface area (Å²) in [6.45, 7) is 4.26. The highest BCUT2D eigenvalue weighted by Crippen LogP contribution is 2.22. The minimum atomic E-state index is -3.67. The van der Waals surface area contributed by atoms with E-state index in [-0.39, 0.29) is 4.90 Å². The van der Waals surface area contributed by atoms with E-state index in [0.29, 0.717) is 12.4 Å². The molecule has 2 aromatic carbocycles. The average Bonchev–Trinajstić information content (AvgIpc) is 2.36. The molecular formula is C15H17NO3S. The van der Waals surface area contributed by atoms with E-state index in [4.69, 9.17) is 9.88 Å². The quantitative estimate of drug-likeness (QED) is 0.941. The molecule has 0 aliphatic heterocycles. The third-order valence-corrected chi connectivity index (χ3v) is 3.86. The van der Waals surface area contributed by atoms with Gasteiger partial charge in [-0.25, -0.2) is 13.6 Å². The molecule has 0 aliphatic rings. The molecule has 0 saturated carbocycles. The molecule has 2 N–H and O–H groups in total. The maximum atomic E-state index is 11.3. The normalized spacial score (nSPS) is 11.3. The first-order valence-electron chi connectivity index (χ1n) is 6.18. The lowest BCUT2D eigenvalue weighted by molar-refractivity contribution is 0.304. The predicted octanol–water partition coefficient (Wildman–Crippen LogP) is 2.53. The highest BCUT2D eigenvalue weighted by molar-refractivity contribution is 7.89. The topological polar surface area (TPSA) is 69.4 Å². The molecule has 0 heterocycles. The van der Waals surface area contributed by atoms with Gasteiger partial charge in [0, 0.05) is 0 Å². The highest BCUT2D eigenvalue weighted by Gasteiger charge is 2.10. The van der Waals surface area contributed by atoms with Gasteiger partial charge in [-0.05, 0) is 43.2 Å². The Balaban J connectivity index is 2.15. The number of hydrogen-bond acceptors (Lipinski definition) is 3. The largest absolute Gasteiger partial charge is 0.489 e. The zero-order valence-corrected chi connectivity index (χ0v) is 12.3. The molecule has 0 radical (unpaired) electrons. The third kappa shape index (κ3) is 3.59. The summed E-state index contributed by atoms with van der Waals surface area (Å²) in [6.07, 6.45) is 0. The summed E-state index contributed by atoms with van der Waals surface area (Å²) in [6, 6.07) is 12.6. The molecule has 0 aromatic heterocycles. The summed E-state index contributed by atoms with van der Waals surface area (Å²) in [4.78, 5) is 0.0953. The van der Waals surface area contributed by atoms with Gasteiger partial charge in [-0.1, -0.05) is 29.8 Å². The van der Waals surface area contributed by atoms with Crippen molar-refractivity contribution in [2.75, 3.05) is 0 Å². The van der Waals surface area contributed by atoms with Gasteiger partial charge in [0.25, 0.3) is 0 Å². The first kappa shape index (κ1) is 14.6. The summed E-state index contributed by atoms with van der Waals surface area (Å²) in [5.74, 6) is 0.652. The fraction of sp³-hybridized carbons (Fsp3) is 0.200. The van der Waals surface area contributed by atoms with E-state index in [0.717, 1.165) is 11.1 Å². The van der Waals surface area contributed by atoms with Crippen molar-refractivity contribution in [3.8, 4) is 5.75 Å². The number of hydrogen-bond donors (Lipinski definition) is 1. The van der Waals surface area contributed by atoms with Gasteiger partial charge in [-0.15, -0.1) is 0 Å². The Hall–Kier alpha value is -1.85. The molecule has 106 valence electrons. The lowest BCUT2D eigenvalue weighted by Crippen LogP contribution is -2.12. The fourth-order valence-electron chi connectivity index (χ4n) is 1.92. The molecule has 0 unspecified atom stereocenters. The van der Waals surface area contributed by atoms with Crippen LogP contribution in [0.2, 0.25) is 0 Å². The van der Waals surface area contributed by atoms with E-state index in [9.17, 15) is 8.42 Å². The first-order valence-corrected chi connectivity index (χ1v) is 7.73. The Morgan fingerprint density at radius 1 is 1.10 bits per heavy atom. The number of ether oxygens (including phenoxy) is 1. The van der Waals surface area contributed by atoms with Crippen molar-refractivity contribution in [3.05, 3.63) is 59.2 Å². The third-order valence-electron chi connectivity index (χ3n) is 2.95. The minimum absolute atomic E-state index is 0.0953. The van der Waals surface area contributed by atoms with Crippen LogP contribution in [0.3, 0.4) is 0 Å². The molecule has 20 heavy (non-hydrogen) atoms. The lowest BCUT2D eigenvalue weighted by Gasteiger charge is -2.10. The molecule has 0 amide bonds. The monoisotopic (exact) mass is 291 g/mol. The summed E-state index contributed by atoms with van der Waals surface area (Å²) >= 11 is 0. The van der Waals surface area contributed by atoms with Gasteiger partial charge in [0.1, 0.15) is 12.4 Å². The number of rotatable bonds is 4. The molecule has 2 aromatic rings. The van der Waals surface area contributed by atoms with Gasteiger partial charge in [0.15, 0.2) is 0 Å². The van der Waals surface area contributed by atoms with Crippen LogP contribution < -0.4 is 9.88 Å². The van der Waals surface area contributed by atoms with Crippen LogP contribution in [0.15, 0.2) is 47.4 Å². The zero-order valence-electron chi connectivity index (χ0n) is 11.5. The van der Waals surface area contributed by atoms with Crippen LogP contribution in [-0.2, 0) is 16.6 Å². The minimum Gasteiger partial charge on any atom is -0.489 e. The molecule has 4 nitrogen and oxygen atoms in total. The van der Waals surface area contributed by atoms with E-state index in [1.54, 1.807) is 13.0 Å². The maximum Gasteiger partial charge on any atom is 0.238 e. The second-order valence-corrected chi connectivity index (χ2v) is 6.31. The van der Waals surface area contributed by atoms with Gasteiger partial charge in [0.05, 0.1) is 4.90 Å². The van der Waals surface area contributed by atoms with E-state index in [2.05, 4.69) is 0 Å². The molecular weight excluding hydrogens is 274 g/mol. The molecule has 0 atom stereocenters. The van der Waals surface area contributed by atoms with Crippen molar-refractivity contribution in [1.29, 1.82) is 0 Å². The number of aryl methyl sites for hydroxylation is 2. The smallest absolute Gasteiger partial charge is 0.238 e. The number of benzene rings is 2. The number of nitrogens with two attached hydrogens (primary N) is 1. The van der Waals surface area contributed by atoms with Crippen LogP contribution >= 0.6 is 0 Å². The number of primary sulfonamides is 1. The molecule has 2 rings (SSSR count). The van der Waals surface area contributed by atoms with Crippen LogP contribution in [0.4, 0.5) is 0 Å². The molecule has 5 heteroatoms. The van der Waals surface area contributed by atoms with Crippen LogP contribution in [-0.4, -0.2) is 8.42 Å². The number of sulfonamides is 1. The van der Waals surface area contributed by atoms with Crippen LogP contribution in [0.25, 0.3) is 0 Å². The van der Waals surface area contributed by atoms with Crippen molar-refractivity contribution in [2.24, 2.45) is 5.14 Å². The maximum absolute atomic E-state index is 11.3. The molecule has 0 aliphatic carbocycles. The van der Waals surface area contributed by atoms with Gasteiger partial charge in [0.2, 0.25) is 10.0 Å². The standard InChI is InChI=1S/C15H17NO3S/c1-11-4-3-5-13(8-11)10-19-15-7-6-14(9-12(15)2)20(16,17)18/h3-9H,10H2,1-2H3,(H2,16,17,18). The van der Waals surface area contributed by atoms with Gasteiger partial charge < -0.3 is 4.74 Å². The molecule has 0 fully saturated rings. The van der Waals surface area contributed by atoms with E-state index in [1.807, 2.05) is 31.2 Å². The van der Waals surface area contributed by atoms with E-state index in [1.165, 1.54) is 17.7 Å². The van der Waals surface area contributed by atoms with Crippen LogP contribution in [0.1, 0.15) is 16.7 Å². The van der Waals surface area contributed by atoms with E-state index >= 15 is 0 Å². The van der Waals surface area contributed by atoms with Crippen LogP contribution in [0, 0.1) is 13.8 Å². The van der Waals surface area contributed by atoms with Gasteiger partial charge >= 0.3 is 0 Å². The summed E-state index contributed by atoms with van der Waals surface area (Å²) in [7, 11) is -3.67. The van der Waals surface area contributed by atoms with Crippen molar-refractivity contribution in [1.82, 2.24) is 0 Å². The first-order chi connectivity index (χ1) is 9.36. The Kier molecular flexibility index (Phi) is 4.11. The van der Waals surface area contributed by atoms with E-state index < -0.39 is 10.0 Å². The lowest BCUT2D eigenvalue weighted by atomic mass is 10.1. The SMILES string of the molecule is Cc1cccc(COc2ccc(S(N)(=O)=O)cc2C)c1. The second kappa shape index (κ2) is 5.64. The molecule has 0 bridgehead atoms. The Morgan fingerprint density at radius 2 is 1.85 bits per heavy atom. The molecule has 0 saturated heterocycles. The fourth-order valence-corrected chi connectivity index (χ4v) is 2.52. The highest BCUT2D eigenvalue weighted by atomic mass is 32.2. The van der Waals surface area contributed by atoms with Crippen molar-refractivity contribution < 1.29 is 13.2 Å². The van der Waals surface area contributed by atoms with Crippen molar-refractivity contribution in [2.45, 2.75) is 25.3 Å². The Morgan fingerprint density at radius 3 is 2.45 bits per heavy atom. The Labute approximate surface area is 119 Å². The van der Waals surface area contributed by atoms with Gasteiger partial charge in [-0.3, -0.25) is 0 Å². The second-order valence-electron chi connectivity index (χ2n) is 4.75. The summed E-state index contributed by atoms with van der Waals surface area (Å²) < 4.78 is 28.2. The molecule has 0 spiro atoms. The van der Waals surface area contributed by atoms with Gasteiger partial charge in [-0.2, -0.15) is 0 Å². The van der Waals surface area contributed by atoms with Crippen molar-refractivity contribution in [3.63, 3.8) is 0 Å². The predicted molar refractivity (Wildman–Crippen MR) is 78.1 cm³/mol. The zero-order chi connectivity index (χ0) is 14.8. The van der Waals surface area contributed by atoms with Crippen LogP contribution in [0.5, 0.6) is 5.75 Å². The summed E-state index contributed by atoms with van der Waals surface area (Å²) in [5.41, 5.74) is 2.98. The average molecular weight is 291 g/mol.